The predicted molar refractivity (Wildman–Crippen MR) is 117 cm³/mol. The summed E-state index contributed by atoms with van der Waals surface area (Å²) in [5, 5.41) is 5.85. The number of carbonyl (C=O) groups is 3. The lowest BCUT2D eigenvalue weighted by Crippen LogP contribution is -2.30. The zero-order valence-corrected chi connectivity index (χ0v) is 17.9. The number of nitrogens with zero attached hydrogens (tertiary/aromatic N) is 4. The summed E-state index contributed by atoms with van der Waals surface area (Å²) in [6, 6.07) is 9.25. The molecule has 2 amide bonds. The first kappa shape index (κ1) is 21.4. The lowest BCUT2D eigenvalue weighted by atomic mass is 10.1. The van der Waals surface area contributed by atoms with Crippen LogP contribution in [0.2, 0.25) is 0 Å². The predicted octanol–water partition coefficient (Wildman–Crippen LogP) is 0.728. The highest BCUT2D eigenvalue weighted by molar-refractivity contribution is 6.06. The number of nitrogens with one attached hydrogen (secondary N) is 1. The minimum atomic E-state index is -0.239. The van der Waals surface area contributed by atoms with Gasteiger partial charge in [-0.2, -0.15) is 5.10 Å². The van der Waals surface area contributed by atoms with Crippen molar-refractivity contribution in [2.24, 2.45) is 4.99 Å². The fourth-order valence-electron chi connectivity index (χ4n) is 3.61. The van der Waals surface area contributed by atoms with Gasteiger partial charge >= 0.3 is 0 Å². The molecular weight excluding hydrogens is 410 g/mol. The first-order chi connectivity index (χ1) is 15.5. The van der Waals surface area contributed by atoms with E-state index < -0.39 is 0 Å². The number of rotatable bonds is 9. The molecule has 9 nitrogen and oxygen atoms in total. The molecule has 1 aliphatic rings. The molecule has 0 fully saturated rings. The van der Waals surface area contributed by atoms with E-state index in [1.54, 1.807) is 26.2 Å². The average molecular weight is 433 g/mol. The molecule has 9 heteroatoms. The van der Waals surface area contributed by atoms with Gasteiger partial charge in [0.2, 0.25) is 0 Å². The Morgan fingerprint density at radius 1 is 1.25 bits per heavy atom. The molecule has 2 aromatic heterocycles. The van der Waals surface area contributed by atoms with Gasteiger partial charge in [-0.3, -0.25) is 19.1 Å². The van der Waals surface area contributed by atoms with E-state index in [9.17, 15) is 14.4 Å². The summed E-state index contributed by atoms with van der Waals surface area (Å²) in [6.07, 6.45) is 3.89. The van der Waals surface area contributed by atoms with Crippen molar-refractivity contribution in [3.63, 3.8) is 0 Å². The van der Waals surface area contributed by atoms with Gasteiger partial charge in [0.1, 0.15) is 0 Å². The van der Waals surface area contributed by atoms with Crippen molar-refractivity contribution in [2.75, 3.05) is 26.8 Å². The molecule has 0 aliphatic carbocycles. The third-order valence-corrected chi connectivity index (χ3v) is 5.25. The van der Waals surface area contributed by atoms with Crippen LogP contribution in [-0.2, 0) is 16.1 Å². The maximum Gasteiger partial charge on any atom is 0.270 e. The fourth-order valence-corrected chi connectivity index (χ4v) is 3.61. The molecule has 0 bridgehead atoms. The van der Waals surface area contributed by atoms with Crippen molar-refractivity contribution in [2.45, 2.75) is 13.5 Å². The molecule has 0 unspecified atom stereocenters. The zero-order chi connectivity index (χ0) is 22.7. The molecular formula is C23H23N5O4. The normalized spacial score (nSPS) is 12.2. The van der Waals surface area contributed by atoms with Gasteiger partial charge in [-0.25, -0.2) is 4.99 Å². The number of hydrogen-bond donors (Lipinski definition) is 1. The maximum absolute atomic E-state index is 12.5. The number of aromatic amines is 1. The van der Waals surface area contributed by atoms with Crippen molar-refractivity contribution < 1.29 is 19.1 Å². The lowest BCUT2D eigenvalue weighted by molar-refractivity contribution is -0.112. The molecule has 0 spiro atoms. The molecule has 0 saturated carbocycles. The van der Waals surface area contributed by atoms with Gasteiger partial charge in [0.15, 0.2) is 6.29 Å². The summed E-state index contributed by atoms with van der Waals surface area (Å²) < 4.78 is 7.54. The number of hydrogen-bond acceptors (Lipinski definition) is 5. The van der Waals surface area contributed by atoms with Crippen molar-refractivity contribution in [1.29, 1.82) is 0 Å². The Bertz CT molecular complexity index is 1300. The maximum atomic E-state index is 12.5. The first-order valence-corrected chi connectivity index (χ1v) is 10.2. The number of carbonyl (C=O) groups excluding carboxylic acids is 3. The van der Waals surface area contributed by atoms with Crippen LogP contribution in [0.25, 0.3) is 17.3 Å². The van der Waals surface area contributed by atoms with Crippen LogP contribution in [-0.4, -0.2) is 64.6 Å². The molecule has 1 aromatic carbocycles. The average Bonchev–Trinajstić information content (AvgIpc) is 3.49. The zero-order valence-electron chi connectivity index (χ0n) is 17.9. The fraction of sp³-hybridized carbons (Fsp3) is 0.261. The second-order valence-corrected chi connectivity index (χ2v) is 7.54. The molecule has 1 aliphatic heterocycles. The number of ether oxygens (including phenoxy) is 1. The van der Waals surface area contributed by atoms with E-state index in [-0.39, 0.29) is 17.5 Å². The van der Waals surface area contributed by atoms with Gasteiger partial charge in [-0.1, -0.05) is 6.07 Å². The molecule has 3 heterocycles. The van der Waals surface area contributed by atoms with Gasteiger partial charge in [-0.15, -0.1) is 0 Å². The molecule has 0 atom stereocenters. The van der Waals surface area contributed by atoms with E-state index >= 15 is 0 Å². The number of aromatic nitrogens is 3. The van der Waals surface area contributed by atoms with Crippen LogP contribution in [0.5, 0.6) is 0 Å². The summed E-state index contributed by atoms with van der Waals surface area (Å²) in [4.78, 5) is 43.5. The van der Waals surface area contributed by atoms with Gasteiger partial charge < -0.3 is 14.6 Å². The van der Waals surface area contributed by atoms with Crippen LogP contribution in [0.3, 0.4) is 0 Å². The number of amides is 2. The smallest absolute Gasteiger partial charge is 0.270 e. The highest BCUT2D eigenvalue weighted by atomic mass is 16.5. The van der Waals surface area contributed by atoms with Crippen molar-refractivity contribution in [3.05, 3.63) is 64.1 Å². The third-order valence-electron chi connectivity index (χ3n) is 5.25. The topological polar surface area (TPSA) is 110 Å². The van der Waals surface area contributed by atoms with E-state index in [1.807, 2.05) is 28.9 Å². The summed E-state index contributed by atoms with van der Waals surface area (Å²) in [5.41, 5.74) is 3.27. The van der Waals surface area contributed by atoms with Crippen LogP contribution >= 0.6 is 0 Å². The molecule has 32 heavy (non-hydrogen) atoms. The summed E-state index contributed by atoms with van der Waals surface area (Å²) in [6.45, 7) is 3.51. The molecule has 0 saturated heterocycles. The van der Waals surface area contributed by atoms with Crippen molar-refractivity contribution in [3.8, 4) is 11.3 Å². The Kier molecular flexibility index (Phi) is 6.09. The number of aryl methyl sites for hydroxylation is 1. The van der Waals surface area contributed by atoms with E-state index in [4.69, 9.17) is 4.74 Å². The number of likely N-dealkylation sites (N-methyl/N-ethyl adjacent to an activating group) is 1. The molecule has 1 N–H and O–H groups in total. The second-order valence-electron chi connectivity index (χ2n) is 7.54. The molecule has 3 aromatic rings. The largest absolute Gasteiger partial charge is 0.378 e. The Labute approximate surface area is 184 Å². The monoisotopic (exact) mass is 433 g/mol. The van der Waals surface area contributed by atoms with Crippen LogP contribution in [0.4, 0.5) is 0 Å². The number of aldehydes is 1. The molecule has 164 valence electrons. The molecule has 4 rings (SSSR count). The van der Waals surface area contributed by atoms with E-state index in [1.165, 1.54) is 11.0 Å². The lowest BCUT2D eigenvalue weighted by Gasteiger charge is -2.17. The van der Waals surface area contributed by atoms with Crippen molar-refractivity contribution in [1.82, 2.24) is 19.7 Å². The third kappa shape index (κ3) is 4.42. The summed E-state index contributed by atoms with van der Waals surface area (Å²) >= 11 is 0. The van der Waals surface area contributed by atoms with Crippen LogP contribution in [0.1, 0.15) is 26.5 Å². The minimum absolute atomic E-state index is 0.229. The van der Waals surface area contributed by atoms with Crippen LogP contribution < -0.4 is 10.6 Å². The Hall–Kier alpha value is -3.85. The van der Waals surface area contributed by atoms with Gasteiger partial charge in [0.05, 0.1) is 42.1 Å². The SMILES string of the molecule is Cc1cc(C(=O)N(C)CCOCCn2nccc2-c2ccc3c(c2)=CC(=O)N=3)c(C=O)[nH]1. The van der Waals surface area contributed by atoms with Gasteiger partial charge in [0.25, 0.3) is 11.8 Å². The highest BCUT2D eigenvalue weighted by Crippen LogP contribution is 2.16. The molecule has 0 radical (unpaired) electrons. The Morgan fingerprint density at radius 2 is 2.09 bits per heavy atom. The quantitative estimate of drug-likeness (QED) is 0.395. The van der Waals surface area contributed by atoms with E-state index in [0.717, 1.165) is 22.2 Å². The number of H-pyrrole nitrogens is 1. The van der Waals surface area contributed by atoms with E-state index in [2.05, 4.69) is 15.1 Å². The Morgan fingerprint density at radius 3 is 2.91 bits per heavy atom. The van der Waals surface area contributed by atoms with E-state index in [0.29, 0.717) is 43.5 Å². The standard InChI is InChI=1S/C23H23N5O4/c1-15-11-18(20(14-29)25-15)23(31)27(2)7-9-32-10-8-28-21(5-6-24-28)16-3-4-19-17(12-16)13-22(30)26-19/h3-6,11-14,25H,7-10H2,1-2H3. The van der Waals surface area contributed by atoms with Crippen LogP contribution in [0.15, 0.2) is 41.5 Å². The van der Waals surface area contributed by atoms with Crippen molar-refractivity contribution >= 4 is 24.2 Å². The van der Waals surface area contributed by atoms with Gasteiger partial charge in [0, 0.05) is 42.3 Å². The van der Waals surface area contributed by atoms with Crippen LogP contribution in [0, 0.1) is 6.92 Å². The first-order valence-electron chi connectivity index (χ1n) is 10.2. The second kappa shape index (κ2) is 9.11. The number of fused-ring (bicyclic) bond motifs is 1. The summed E-state index contributed by atoms with van der Waals surface area (Å²) in [5.74, 6) is -0.468. The Balaban J connectivity index is 1.30. The summed E-state index contributed by atoms with van der Waals surface area (Å²) in [7, 11) is 1.68. The highest BCUT2D eigenvalue weighted by Gasteiger charge is 2.17. The minimum Gasteiger partial charge on any atom is -0.378 e. The number of benzene rings is 1. The van der Waals surface area contributed by atoms with Gasteiger partial charge in [-0.05, 0) is 31.2 Å².